The summed E-state index contributed by atoms with van der Waals surface area (Å²) in [6.45, 7) is 8.18. The molecular weight excluding hydrogens is 384 g/mol. The van der Waals surface area contributed by atoms with Crippen LogP contribution in [-0.2, 0) is 9.47 Å². The molecule has 3 aliphatic heterocycles. The van der Waals surface area contributed by atoms with Gasteiger partial charge in [0.15, 0.2) is 16.7 Å². The van der Waals surface area contributed by atoms with E-state index in [9.17, 15) is 4.79 Å². The molecule has 1 aromatic rings. The molecule has 8 nitrogen and oxygen atoms in total. The largest absolute Gasteiger partial charge is 0.489 e. The number of nitrogens with zero attached hydrogens (tertiary/aromatic N) is 4. The van der Waals surface area contributed by atoms with E-state index >= 15 is 0 Å². The van der Waals surface area contributed by atoms with E-state index in [1.54, 1.807) is 6.07 Å². The van der Waals surface area contributed by atoms with Gasteiger partial charge in [0, 0.05) is 18.7 Å². The fourth-order valence-electron chi connectivity index (χ4n) is 4.28. The lowest BCUT2D eigenvalue weighted by Crippen LogP contribution is -2.63. The number of rotatable bonds is 1. The standard InChI is InChI=1S/C19H27ClN4O4/c1-19(2,3)28-18(25)24-13-7-12(8-14(24)11-26-10-13)23-5-4-6-27-15-9-16(20)21-22-17(15)23/h9,12-14H,4-8,10-11H2,1-3H3/t12-,13+,14-. The molecule has 0 spiro atoms. The quantitative estimate of drug-likeness (QED) is 0.704. The van der Waals surface area contributed by atoms with E-state index in [1.165, 1.54) is 0 Å². The summed E-state index contributed by atoms with van der Waals surface area (Å²) in [5, 5.41) is 8.66. The molecule has 3 atom stereocenters. The summed E-state index contributed by atoms with van der Waals surface area (Å²) in [7, 11) is 0. The summed E-state index contributed by atoms with van der Waals surface area (Å²) in [6.07, 6.45) is 2.22. The fourth-order valence-corrected chi connectivity index (χ4v) is 4.42. The van der Waals surface area contributed by atoms with Crippen LogP contribution in [0.3, 0.4) is 0 Å². The van der Waals surface area contributed by atoms with Crippen molar-refractivity contribution in [1.29, 1.82) is 0 Å². The molecule has 9 heteroatoms. The van der Waals surface area contributed by atoms with Crippen LogP contribution in [0, 0.1) is 0 Å². The Kier molecular flexibility index (Phi) is 5.26. The van der Waals surface area contributed by atoms with Crippen molar-refractivity contribution < 1.29 is 19.0 Å². The first-order chi connectivity index (χ1) is 13.3. The Morgan fingerprint density at radius 1 is 1.21 bits per heavy atom. The number of hydrogen-bond acceptors (Lipinski definition) is 7. The Labute approximate surface area is 170 Å². The van der Waals surface area contributed by atoms with Crippen molar-refractivity contribution >= 4 is 23.5 Å². The van der Waals surface area contributed by atoms with Gasteiger partial charge in [0.2, 0.25) is 0 Å². The summed E-state index contributed by atoms with van der Waals surface area (Å²) in [4.78, 5) is 16.9. The van der Waals surface area contributed by atoms with E-state index in [2.05, 4.69) is 15.1 Å². The van der Waals surface area contributed by atoms with Crippen molar-refractivity contribution in [3.8, 4) is 5.75 Å². The predicted molar refractivity (Wildman–Crippen MR) is 104 cm³/mol. The first-order valence-electron chi connectivity index (χ1n) is 9.83. The average Bonchev–Trinajstić information content (AvgIpc) is 2.81. The highest BCUT2D eigenvalue weighted by Crippen LogP contribution is 2.37. The molecule has 0 radical (unpaired) electrons. The van der Waals surface area contributed by atoms with Crippen LogP contribution in [0.4, 0.5) is 10.6 Å². The molecule has 4 rings (SSSR count). The van der Waals surface area contributed by atoms with Crippen molar-refractivity contribution in [3.63, 3.8) is 0 Å². The van der Waals surface area contributed by atoms with Gasteiger partial charge >= 0.3 is 6.09 Å². The highest BCUT2D eigenvalue weighted by molar-refractivity contribution is 6.29. The van der Waals surface area contributed by atoms with Crippen LogP contribution in [0.25, 0.3) is 0 Å². The van der Waals surface area contributed by atoms with Crippen LogP contribution in [0.5, 0.6) is 5.75 Å². The van der Waals surface area contributed by atoms with Gasteiger partial charge in [0.05, 0.1) is 31.9 Å². The predicted octanol–water partition coefficient (Wildman–Crippen LogP) is 2.89. The zero-order valence-electron chi connectivity index (χ0n) is 16.6. The number of morpholine rings is 1. The Bertz CT molecular complexity index is 727. The van der Waals surface area contributed by atoms with E-state index < -0.39 is 5.60 Å². The Morgan fingerprint density at radius 2 is 1.93 bits per heavy atom. The van der Waals surface area contributed by atoms with Crippen LogP contribution < -0.4 is 9.64 Å². The van der Waals surface area contributed by atoms with E-state index in [-0.39, 0.29) is 24.2 Å². The molecule has 28 heavy (non-hydrogen) atoms. The number of ether oxygens (including phenoxy) is 3. The number of aromatic nitrogens is 2. The summed E-state index contributed by atoms with van der Waals surface area (Å²) in [5.74, 6) is 1.41. The number of carbonyl (C=O) groups is 1. The molecule has 154 valence electrons. The van der Waals surface area contributed by atoms with Crippen LogP contribution in [-0.4, -0.2) is 71.3 Å². The number of hydrogen-bond donors (Lipinski definition) is 0. The van der Waals surface area contributed by atoms with Crippen LogP contribution in [0.1, 0.15) is 40.0 Å². The minimum Gasteiger partial charge on any atom is -0.489 e. The van der Waals surface area contributed by atoms with Crippen LogP contribution >= 0.6 is 11.6 Å². The number of piperidine rings is 1. The second-order valence-electron chi connectivity index (χ2n) is 8.61. The molecule has 0 unspecified atom stereocenters. The summed E-state index contributed by atoms with van der Waals surface area (Å²) < 4.78 is 17.2. The molecule has 0 aliphatic carbocycles. The third-order valence-electron chi connectivity index (χ3n) is 5.32. The molecule has 1 amide bonds. The first-order valence-corrected chi connectivity index (χ1v) is 10.2. The maximum absolute atomic E-state index is 12.8. The topological polar surface area (TPSA) is 77.0 Å². The highest BCUT2D eigenvalue weighted by atomic mass is 35.5. The molecule has 0 aromatic carbocycles. The summed E-state index contributed by atoms with van der Waals surface area (Å²) >= 11 is 6.00. The van der Waals surface area contributed by atoms with Crippen molar-refractivity contribution in [2.75, 3.05) is 31.3 Å². The van der Waals surface area contributed by atoms with E-state index in [0.717, 1.165) is 31.6 Å². The van der Waals surface area contributed by atoms with E-state index in [0.29, 0.717) is 30.7 Å². The molecule has 0 N–H and O–H groups in total. The SMILES string of the molecule is CC(C)(C)OC(=O)N1[C@@H]2COC[C@H]1C[C@H](N1CCCOc3cc(Cl)nnc31)C2. The average molecular weight is 411 g/mol. The van der Waals surface area contributed by atoms with Gasteiger partial charge in [-0.05, 0) is 40.0 Å². The third-order valence-corrected chi connectivity index (χ3v) is 5.51. The first kappa shape index (κ1) is 19.5. The number of fused-ring (bicyclic) bond motifs is 3. The monoisotopic (exact) mass is 410 g/mol. The van der Waals surface area contributed by atoms with Crippen molar-refractivity contribution in [2.45, 2.75) is 63.8 Å². The maximum Gasteiger partial charge on any atom is 0.410 e. The van der Waals surface area contributed by atoms with Gasteiger partial charge in [-0.2, -0.15) is 0 Å². The van der Waals surface area contributed by atoms with Gasteiger partial charge in [-0.1, -0.05) is 11.6 Å². The minimum absolute atomic E-state index is 0.0137. The molecule has 2 saturated heterocycles. The third kappa shape index (κ3) is 3.98. The van der Waals surface area contributed by atoms with Crippen molar-refractivity contribution in [1.82, 2.24) is 15.1 Å². The molecule has 4 heterocycles. The van der Waals surface area contributed by atoms with Gasteiger partial charge in [-0.3, -0.25) is 4.90 Å². The summed E-state index contributed by atoms with van der Waals surface area (Å²) in [6, 6.07) is 1.93. The van der Waals surface area contributed by atoms with Gasteiger partial charge in [0.1, 0.15) is 5.60 Å². The molecule has 2 fully saturated rings. The lowest BCUT2D eigenvalue weighted by molar-refractivity contribution is -0.0822. The molecule has 1 aromatic heterocycles. The molecule has 0 saturated carbocycles. The maximum atomic E-state index is 12.8. The zero-order valence-corrected chi connectivity index (χ0v) is 17.3. The lowest BCUT2D eigenvalue weighted by Gasteiger charge is -2.50. The number of amides is 1. The van der Waals surface area contributed by atoms with Gasteiger partial charge in [-0.25, -0.2) is 4.79 Å². The second-order valence-corrected chi connectivity index (χ2v) is 9.00. The van der Waals surface area contributed by atoms with Gasteiger partial charge < -0.3 is 19.1 Å². The normalized spacial score (nSPS) is 27.5. The minimum atomic E-state index is -0.515. The Morgan fingerprint density at radius 3 is 2.61 bits per heavy atom. The lowest BCUT2D eigenvalue weighted by atomic mass is 9.89. The smallest absolute Gasteiger partial charge is 0.410 e. The number of carbonyl (C=O) groups excluding carboxylic acids is 1. The summed E-state index contributed by atoms with van der Waals surface area (Å²) in [5.41, 5.74) is -0.515. The van der Waals surface area contributed by atoms with Gasteiger partial charge in [-0.15, -0.1) is 10.2 Å². The van der Waals surface area contributed by atoms with Crippen LogP contribution in [0.15, 0.2) is 6.07 Å². The van der Waals surface area contributed by atoms with Crippen molar-refractivity contribution in [3.05, 3.63) is 11.2 Å². The van der Waals surface area contributed by atoms with E-state index in [1.807, 2.05) is 25.7 Å². The van der Waals surface area contributed by atoms with Crippen molar-refractivity contribution in [2.24, 2.45) is 0 Å². The highest BCUT2D eigenvalue weighted by Gasteiger charge is 2.45. The Balaban J connectivity index is 1.55. The van der Waals surface area contributed by atoms with E-state index in [4.69, 9.17) is 25.8 Å². The molecule has 2 bridgehead atoms. The fraction of sp³-hybridized carbons (Fsp3) is 0.737. The molecular formula is C19H27ClN4O4. The Hall–Kier alpha value is -1.80. The number of anilines is 1. The second kappa shape index (κ2) is 7.55. The van der Waals surface area contributed by atoms with Crippen LogP contribution in [0.2, 0.25) is 5.15 Å². The number of halogens is 1. The molecule has 3 aliphatic rings. The zero-order chi connectivity index (χ0) is 19.9. The van der Waals surface area contributed by atoms with Gasteiger partial charge in [0.25, 0.3) is 0 Å².